The Balaban J connectivity index is 2.54. The van der Waals surface area contributed by atoms with Crippen LogP contribution in [0.1, 0.15) is 48.4 Å². The number of hydrogen-bond acceptors (Lipinski definition) is 6. The van der Waals surface area contributed by atoms with Crippen LogP contribution >= 0.6 is 23.1 Å². The molecule has 0 saturated heterocycles. The summed E-state index contributed by atoms with van der Waals surface area (Å²) in [5, 5.41) is 3.57. The Morgan fingerprint density at radius 3 is 2.70 bits per heavy atom. The van der Waals surface area contributed by atoms with E-state index in [1.54, 1.807) is 11.8 Å². The molecule has 20 heavy (non-hydrogen) atoms. The highest BCUT2D eigenvalue weighted by Gasteiger charge is 2.18. The van der Waals surface area contributed by atoms with Gasteiger partial charge in [0.15, 0.2) is 0 Å². The molecule has 1 rings (SSSR count). The summed E-state index contributed by atoms with van der Waals surface area (Å²) in [5.41, 5.74) is 0. The van der Waals surface area contributed by atoms with Crippen molar-refractivity contribution in [2.45, 2.75) is 38.5 Å². The third kappa shape index (κ3) is 5.50. The molecule has 1 heterocycles. The quantitative estimate of drug-likeness (QED) is 0.846. The first-order valence-electron chi connectivity index (χ1n) is 6.20. The lowest BCUT2D eigenvalue weighted by Crippen LogP contribution is -2.29. The third-order valence-corrected chi connectivity index (χ3v) is 4.73. The maximum absolute atomic E-state index is 11.8. The van der Waals surface area contributed by atoms with Gasteiger partial charge in [-0.2, -0.15) is 0 Å². The van der Waals surface area contributed by atoms with Crippen LogP contribution in [0.4, 0.5) is 0 Å². The summed E-state index contributed by atoms with van der Waals surface area (Å²) in [6.45, 7) is 8.05. The number of thioether (sulfide) groups is 1. The van der Waals surface area contributed by atoms with Gasteiger partial charge in [-0.3, -0.25) is 4.79 Å². The highest BCUT2D eigenvalue weighted by molar-refractivity contribution is 8.01. The van der Waals surface area contributed by atoms with Crippen molar-refractivity contribution in [3.8, 4) is 0 Å². The first-order chi connectivity index (χ1) is 9.23. The van der Waals surface area contributed by atoms with Crippen LogP contribution < -0.4 is 5.32 Å². The molecule has 0 bridgehead atoms. The minimum absolute atomic E-state index is 0.0350. The van der Waals surface area contributed by atoms with Gasteiger partial charge in [0.1, 0.15) is 9.88 Å². The zero-order chi connectivity index (χ0) is 15.3. The molecule has 1 aromatic heterocycles. The minimum Gasteiger partial charge on any atom is -0.465 e. The van der Waals surface area contributed by atoms with Crippen molar-refractivity contribution in [1.82, 2.24) is 10.3 Å². The predicted molar refractivity (Wildman–Crippen MR) is 82.2 cm³/mol. The van der Waals surface area contributed by atoms with Gasteiger partial charge in [0.25, 0.3) is 0 Å². The van der Waals surface area contributed by atoms with Crippen LogP contribution in [0.25, 0.3) is 0 Å². The Hall–Kier alpha value is -1.08. The molecule has 0 saturated carbocycles. The molecule has 7 heteroatoms. The van der Waals surface area contributed by atoms with Crippen LogP contribution in [0.2, 0.25) is 0 Å². The number of nitrogens with zero attached hydrogens (tertiary/aromatic N) is 1. The summed E-state index contributed by atoms with van der Waals surface area (Å²) in [6.07, 6.45) is 1.47. The van der Waals surface area contributed by atoms with E-state index in [-0.39, 0.29) is 16.7 Å². The van der Waals surface area contributed by atoms with Gasteiger partial charge in [-0.05, 0) is 6.92 Å². The molecule has 1 atom stereocenters. The summed E-state index contributed by atoms with van der Waals surface area (Å²) in [5.74, 6) is -0.0360. The normalized spacial score (nSPS) is 12.8. The number of hydrogen-bond donors (Lipinski definition) is 1. The van der Waals surface area contributed by atoms with Crippen molar-refractivity contribution in [3.05, 3.63) is 16.1 Å². The first kappa shape index (κ1) is 17.0. The molecule has 0 unspecified atom stereocenters. The predicted octanol–water partition coefficient (Wildman–Crippen LogP) is 2.64. The largest absolute Gasteiger partial charge is 0.465 e. The number of carbonyl (C=O) groups excluding carboxylic acids is 2. The van der Waals surface area contributed by atoms with Gasteiger partial charge in [0.2, 0.25) is 5.91 Å². The van der Waals surface area contributed by atoms with Gasteiger partial charge < -0.3 is 10.1 Å². The smallest absolute Gasteiger partial charge is 0.349 e. The molecule has 0 aliphatic rings. The number of ether oxygens (including phenoxy) is 1. The van der Waals surface area contributed by atoms with E-state index in [1.165, 1.54) is 24.6 Å². The fourth-order valence-corrected chi connectivity index (χ4v) is 2.80. The van der Waals surface area contributed by atoms with E-state index < -0.39 is 5.97 Å². The zero-order valence-corrected chi connectivity index (χ0v) is 14.0. The first-order valence-corrected chi connectivity index (χ1v) is 8.00. The van der Waals surface area contributed by atoms with Crippen molar-refractivity contribution < 1.29 is 14.3 Å². The lowest BCUT2D eigenvalue weighted by Gasteiger charge is -2.18. The molecular weight excluding hydrogens is 296 g/mol. The number of nitrogens with one attached hydrogen (secondary N) is 1. The monoisotopic (exact) mass is 316 g/mol. The molecule has 112 valence electrons. The minimum atomic E-state index is -0.407. The Labute approximate surface area is 127 Å². The van der Waals surface area contributed by atoms with Crippen molar-refractivity contribution in [2.75, 3.05) is 12.9 Å². The molecule has 1 N–H and O–H groups in total. The number of methoxy groups -OCH3 is 1. The van der Waals surface area contributed by atoms with Crippen LogP contribution in [0.15, 0.2) is 6.20 Å². The summed E-state index contributed by atoms with van der Waals surface area (Å²) in [6, 6.07) is -0.216. The third-order valence-electron chi connectivity index (χ3n) is 2.29. The summed E-state index contributed by atoms with van der Waals surface area (Å²) < 4.78 is 4.68. The van der Waals surface area contributed by atoms with E-state index in [9.17, 15) is 9.59 Å². The number of amides is 1. The number of carbonyl (C=O) groups is 2. The molecule has 5 nitrogen and oxygen atoms in total. The summed E-state index contributed by atoms with van der Waals surface area (Å²) >= 11 is 2.82. The standard InChI is InChI=1S/C13H20N2O3S2/c1-8(15-10(16)7-19-13(2,3)4)11-14-6-9(20-11)12(17)18-5/h6,8H,7H2,1-5H3,(H,15,16)/t8-/m1/s1. The molecule has 0 aliphatic heterocycles. The van der Waals surface area contributed by atoms with Gasteiger partial charge in [-0.15, -0.1) is 23.1 Å². The fourth-order valence-electron chi connectivity index (χ4n) is 1.31. The number of esters is 1. The summed E-state index contributed by atoms with van der Waals surface area (Å²) in [7, 11) is 1.33. The van der Waals surface area contributed by atoms with Crippen molar-refractivity contribution in [3.63, 3.8) is 0 Å². The Kier molecular flexibility index (Phi) is 6.01. The van der Waals surface area contributed by atoms with E-state index in [1.807, 2.05) is 6.92 Å². The topological polar surface area (TPSA) is 68.3 Å². The van der Waals surface area contributed by atoms with Crippen LogP contribution in [0.5, 0.6) is 0 Å². The second-order valence-corrected chi connectivity index (χ2v) is 8.11. The van der Waals surface area contributed by atoms with Crippen molar-refractivity contribution in [1.29, 1.82) is 0 Å². The second kappa shape index (κ2) is 7.08. The van der Waals surface area contributed by atoms with Gasteiger partial charge in [0, 0.05) is 4.75 Å². The van der Waals surface area contributed by atoms with E-state index in [0.717, 1.165) is 0 Å². The van der Waals surface area contributed by atoms with Crippen LogP contribution in [-0.2, 0) is 9.53 Å². The maximum Gasteiger partial charge on any atom is 0.349 e. The molecule has 1 amide bonds. The van der Waals surface area contributed by atoms with Gasteiger partial charge >= 0.3 is 5.97 Å². The maximum atomic E-state index is 11.8. The zero-order valence-electron chi connectivity index (χ0n) is 12.4. The lowest BCUT2D eigenvalue weighted by atomic mass is 10.3. The molecule has 0 spiro atoms. The molecule has 0 aliphatic carbocycles. The molecule has 0 radical (unpaired) electrons. The van der Waals surface area contributed by atoms with Crippen molar-refractivity contribution in [2.24, 2.45) is 0 Å². The summed E-state index contributed by atoms with van der Waals surface area (Å²) in [4.78, 5) is 27.7. The van der Waals surface area contributed by atoms with Gasteiger partial charge in [0.05, 0.1) is 25.1 Å². The fraction of sp³-hybridized carbons (Fsp3) is 0.615. The molecule has 1 aromatic rings. The second-order valence-electron chi connectivity index (χ2n) is 5.24. The lowest BCUT2D eigenvalue weighted by molar-refractivity contribution is -0.119. The van der Waals surface area contributed by atoms with Crippen LogP contribution in [-0.4, -0.2) is 34.5 Å². The van der Waals surface area contributed by atoms with Crippen LogP contribution in [0, 0.1) is 0 Å². The van der Waals surface area contributed by atoms with E-state index in [2.05, 4.69) is 35.8 Å². The van der Waals surface area contributed by atoms with Gasteiger partial charge in [-0.25, -0.2) is 9.78 Å². The number of aromatic nitrogens is 1. The highest BCUT2D eigenvalue weighted by Crippen LogP contribution is 2.24. The number of thiazole rings is 1. The van der Waals surface area contributed by atoms with Crippen LogP contribution in [0.3, 0.4) is 0 Å². The Morgan fingerprint density at radius 2 is 2.15 bits per heavy atom. The molecule has 0 fully saturated rings. The molecule has 0 aromatic carbocycles. The average Bonchev–Trinajstić information content (AvgIpc) is 2.84. The van der Waals surface area contributed by atoms with Gasteiger partial charge in [-0.1, -0.05) is 20.8 Å². The SMILES string of the molecule is COC(=O)c1cnc([C@@H](C)NC(=O)CSC(C)(C)C)s1. The van der Waals surface area contributed by atoms with E-state index >= 15 is 0 Å². The number of rotatable bonds is 5. The average molecular weight is 316 g/mol. The van der Waals surface area contributed by atoms with Crippen molar-refractivity contribution >= 4 is 35.0 Å². The van der Waals surface area contributed by atoms with E-state index in [0.29, 0.717) is 15.6 Å². The highest BCUT2D eigenvalue weighted by atomic mass is 32.2. The Morgan fingerprint density at radius 1 is 1.50 bits per heavy atom. The Bertz CT molecular complexity index is 480. The van der Waals surface area contributed by atoms with E-state index in [4.69, 9.17) is 0 Å². The molecular formula is C13H20N2O3S2.